The van der Waals surface area contributed by atoms with E-state index in [1.165, 1.54) is 57.1 Å². The number of pyridine rings is 1. The van der Waals surface area contributed by atoms with Gasteiger partial charge in [0.2, 0.25) is 11.8 Å². The normalized spacial score (nSPS) is 24.3. The molecule has 12 rings (SSSR count). The zero-order valence-electron chi connectivity index (χ0n) is 41.5. The van der Waals surface area contributed by atoms with Crippen LogP contribution in [0.3, 0.4) is 0 Å². The number of likely N-dealkylation sites (tertiary alicyclic amines) is 1. The Kier molecular flexibility index (Phi) is 12.5. The third kappa shape index (κ3) is 9.03. The molecule has 5 aromatic rings. The predicted octanol–water partition coefficient (Wildman–Crippen LogP) is 8.79. The number of nitrogens with one attached hydrogen (secondary N) is 1. The SMILES string of the molecule is CCc1cccc2cc(OCOC)cc(-c3ncc4c(N5CC6CCC(C6)C5)nc(OCC5(CN6CCC7(CC6)CC(N6CCN(c8cc(F)c(C9CCC(=O)NC9=O)c(F)c8)CC6)C7)CC5)nc4c3F)c12. The number of aromatic nitrogens is 3. The number of hydrogen-bond acceptors (Lipinski definition) is 12. The first-order valence-corrected chi connectivity index (χ1v) is 26.4. The van der Waals surface area contributed by atoms with Gasteiger partial charge in [0.05, 0.1) is 17.9 Å². The van der Waals surface area contributed by atoms with Crippen LogP contribution in [0.2, 0.25) is 0 Å². The Morgan fingerprint density at radius 2 is 1.60 bits per heavy atom. The summed E-state index contributed by atoms with van der Waals surface area (Å²) in [6.07, 6.45) is 13.2. The third-order valence-corrected chi connectivity index (χ3v) is 17.7. The number of fused-ring (bicyclic) bond motifs is 4. The van der Waals surface area contributed by atoms with Crippen LogP contribution in [-0.2, 0) is 20.7 Å². The molecule has 3 atom stereocenters. The number of piperidine rings is 3. The molecule has 2 bridgehead atoms. The van der Waals surface area contributed by atoms with Crippen LogP contribution in [0.25, 0.3) is 32.9 Å². The number of methoxy groups -OCH3 is 1. The standard InChI is InChI=1S/C56H65F3N8O5/c1-3-36-5-4-6-37-22-40(72-33-70-2)25-42(47(36)37)50-49(59)51-43(28-60-50)52(67-29-34-7-8-35(21-34)30-67)63-54(62-51)71-32-56(11-12-56)31-64-15-13-55(14-16-64)26-39(27-55)66-19-17-65(18-20-66)38-23-44(57)48(45(58)24-38)41-9-10-46(68)61-53(41)69/h4-6,22-25,28,34-35,39,41H,3,7-21,26-27,29-33H2,1-2H3,(H,61,68,69). The van der Waals surface area contributed by atoms with Gasteiger partial charge in [-0.2, -0.15) is 9.97 Å². The van der Waals surface area contributed by atoms with E-state index in [-0.39, 0.29) is 47.8 Å². The van der Waals surface area contributed by atoms with Crippen LogP contribution in [0.1, 0.15) is 94.6 Å². The highest BCUT2D eigenvalue weighted by Gasteiger charge is 2.51. The van der Waals surface area contributed by atoms with Gasteiger partial charge < -0.3 is 28.9 Å². The van der Waals surface area contributed by atoms with Crippen molar-refractivity contribution in [3.8, 4) is 23.0 Å². The molecule has 3 aromatic carbocycles. The molecule has 72 heavy (non-hydrogen) atoms. The van der Waals surface area contributed by atoms with Gasteiger partial charge in [0, 0.05) is 93.8 Å². The number of anilines is 2. The number of nitrogens with zero attached hydrogens (tertiary/aromatic N) is 7. The fourth-order valence-electron chi connectivity index (χ4n) is 13.5. The number of imide groups is 1. The van der Waals surface area contributed by atoms with Crippen molar-refractivity contribution in [3.63, 3.8) is 0 Å². The van der Waals surface area contributed by atoms with Gasteiger partial charge >= 0.3 is 6.01 Å². The first-order chi connectivity index (χ1) is 35.0. The topological polar surface area (TPSA) is 125 Å². The highest BCUT2D eigenvalue weighted by molar-refractivity contribution is 6.02. The van der Waals surface area contributed by atoms with E-state index in [2.05, 4.69) is 33.0 Å². The van der Waals surface area contributed by atoms with Crippen LogP contribution in [0.5, 0.6) is 11.8 Å². The second-order valence-corrected chi connectivity index (χ2v) is 22.3. The molecule has 3 saturated carbocycles. The number of aryl methyl sites for hydroxylation is 1. The number of ether oxygens (including phenoxy) is 3. The Morgan fingerprint density at radius 3 is 2.29 bits per heavy atom. The van der Waals surface area contributed by atoms with Gasteiger partial charge in [0.15, 0.2) is 12.6 Å². The number of halogens is 3. The van der Waals surface area contributed by atoms with Gasteiger partial charge in [-0.3, -0.25) is 24.8 Å². The molecular weight excluding hydrogens is 922 g/mol. The Balaban J connectivity index is 0.696. The maximum absolute atomic E-state index is 17.5. The minimum atomic E-state index is -1.00. The summed E-state index contributed by atoms with van der Waals surface area (Å²) in [5.41, 5.74) is 2.78. The van der Waals surface area contributed by atoms with E-state index in [1.54, 1.807) is 13.3 Å². The van der Waals surface area contributed by atoms with Crippen molar-refractivity contribution in [1.29, 1.82) is 0 Å². The molecule has 3 aliphatic carbocycles. The molecule has 6 heterocycles. The van der Waals surface area contributed by atoms with Gasteiger partial charge in [-0.15, -0.1) is 0 Å². The molecule has 1 N–H and O–H groups in total. The molecule has 7 aliphatic rings. The summed E-state index contributed by atoms with van der Waals surface area (Å²) in [5.74, 6) is -1.57. The maximum atomic E-state index is 17.5. The van der Waals surface area contributed by atoms with E-state index in [0.717, 1.165) is 81.4 Å². The van der Waals surface area contributed by atoms with Crippen LogP contribution < -0.4 is 24.6 Å². The van der Waals surface area contributed by atoms with E-state index < -0.39 is 35.2 Å². The summed E-state index contributed by atoms with van der Waals surface area (Å²) in [5, 5.41) is 4.69. The number of amides is 2. The van der Waals surface area contributed by atoms with Crippen molar-refractivity contribution >= 4 is 45.0 Å². The summed E-state index contributed by atoms with van der Waals surface area (Å²) < 4.78 is 65.9. The summed E-state index contributed by atoms with van der Waals surface area (Å²) in [6, 6.07) is 13.4. The number of rotatable bonds is 14. The van der Waals surface area contributed by atoms with Gasteiger partial charge in [-0.25, -0.2) is 13.2 Å². The van der Waals surface area contributed by atoms with Gasteiger partial charge in [-0.1, -0.05) is 25.1 Å². The minimum absolute atomic E-state index is 0.00615. The lowest BCUT2D eigenvalue weighted by Crippen LogP contribution is -2.59. The second-order valence-electron chi connectivity index (χ2n) is 22.3. The number of hydrogen-bond donors (Lipinski definition) is 1. The molecule has 16 heteroatoms. The maximum Gasteiger partial charge on any atom is 0.319 e. The molecule has 7 fully saturated rings. The molecule has 2 aromatic heterocycles. The quantitative estimate of drug-likeness (QED) is 0.0845. The Bertz CT molecular complexity index is 2880. The van der Waals surface area contributed by atoms with Crippen molar-refractivity contribution in [3.05, 3.63) is 77.2 Å². The molecule has 380 valence electrons. The summed E-state index contributed by atoms with van der Waals surface area (Å²) >= 11 is 0. The lowest BCUT2D eigenvalue weighted by atomic mass is 9.60. The summed E-state index contributed by atoms with van der Waals surface area (Å²) in [4.78, 5) is 48.3. The van der Waals surface area contributed by atoms with E-state index in [4.69, 9.17) is 29.2 Å². The largest absolute Gasteiger partial charge is 0.468 e. The van der Waals surface area contributed by atoms with E-state index in [1.807, 2.05) is 29.2 Å². The smallest absolute Gasteiger partial charge is 0.319 e. The number of benzene rings is 3. The van der Waals surface area contributed by atoms with Crippen LogP contribution in [0.4, 0.5) is 24.7 Å². The Hall–Kier alpha value is -5.58. The summed E-state index contributed by atoms with van der Waals surface area (Å²) in [7, 11) is 1.58. The van der Waals surface area contributed by atoms with Crippen LogP contribution >= 0.6 is 0 Å². The predicted molar refractivity (Wildman–Crippen MR) is 269 cm³/mol. The monoisotopic (exact) mass is 987 g/mol. The van der Waals surface area contributed by atoms with Crippen molar-refractivity contribution in [2.75, 3.05) is 89.2 Å². The molecule has 1 spiro atoms. The third-order valence-electron chi connectivity index (χ3n) is 17.7. The van der Waals surface area contributed by atoms with Gasteiger partial charge in [0.25, 0.3) is 0 Å². The Morgan fingerprint density at radius 1 is 0.847 bits per heavy atom. The molecule has 2 amide bonds. The highest BCUT2D eigenvalue weighted by atomic mass is 19.1. The minimum Gasteiger partial charge on any atom is -0.468 e. The molecule has 0 radical (unpaired) electrons. The first-order valence-electron chi connectivity index (χ1n) is 26.4. The van der Waals surface area contributed by atoms with E-state index in [0.29, 0.717) is 71.2 Å². The van der Waals surface area contributed by atoms with Crippen molar-refractivity contribution in [2.45, 2.75) is 95.9 Å². The molecule has 4 saturated heterocycles. The zero-order valence-corrected chi connectivity index (χ0v) is 41.5. The first kappa shape index (κ1) is 47.4. The van der Waals surface area contributed by atoms with Crippen LogP contribution in [0, 0.1) is 40.1 Å². The van der Waals surface area contributed by atoms with Gasteiger partial charge in [0.1, 0.15) is 34.4 Å². The Labute approximate surface area is 418 Å². The van der Waals surface area contributed by atoms with Crippen molar-refractivity contribution in [1.82, 2.24) is 30.1 Å². The average molecular weight is 987 g/mol. The fraction of sp³-hybridized carbons (Fsp3) is 0.554. The molecule has 4 aliphatic heterocycles. The highest BCUT2D eigenvalue weighted by Crippen LogP contribution is 2.53. The van der Waals surface area contributed by atoms with Crippen molar-refractivity contribution < 1.29 is 37.0 Å². The fourth-order valence-corrected chi connectivity index (χ4v) is 13.5. The van der Waals surface area contributed by atoms with Gasteiger partial charge in [-0.05, 0) is 142 Å². The second kappa shape index (κ2) is 19.0. The number of piperazine rings is 1. The lowest BCUT2D eigenvalue weighted by Gasteiger charge is -2.56. The summed E-state index contributed by atoms with van der Waals surface area (Å²) in [6.45, 7) is 10.5. The molecular formula is C56H65F3N8O5. The van der Waals surface area contributed by atoms with Crippen LogP contribution in [-0.4, -0.2) is 122 Å². The van der Waals surface area contributed by atoms with Crippen LogP contribution in [0.15, 0.2) is 48.7 Å². The van der Waals surface area contributed by atoms with E-state index >= 15 is 13.2 Å². The molecule has 3 unspecified atom stereocenters. The lowest BCUT2D eigenvalue weighted by molar-refractivity contribution is -0.134. The zero-order chi connectivity index (χ0) is 49.3. The average Bonchev–Trinajstić information content (AvgIpc) is 4.06. The van der Waals surface area contributed by atoms with Crippen molar-refractivity contribution in [2.24, 2.45) is 22.7 Å². The molecule has 13 nitrogen and oxygen atoms in total. The van der Waals surface area contributed by atoms with E-state index in [9.17, 15) is 9.59 Å². The number of carbonyl (C=O) groups excluding carboxylic acids is 2. The number of carbonyl (C=O) groups is 2.